The van der Waals surface area contributed by atoms with Crippen molar-refractivity contribution in [2.45, 2.75) is 6.42 Å². The average Bonchev–Trinajstić information content (AvgIpc) is 2.66. The molecule has 0 unspecified atom stereocenters. The van der Waals surface area contributed by atoms with E-state index in [0.29, 0.717) is 17.7 Å². The minimum atomic E-state index is -0.568. The van der Waals surface area contributed by atoms with E-state index in [0.717, 1.165) is 27.2 Å². The lowest BCUT2D eigenvalue weighted by Crippen LogP contribution is -2.25. The van der Waals surface area contributed by atoms with E-state index in [2.05, 4.69) is 21.2 Å². The Balaban J connectivity index is 1.67. The third-order valence-corrected chi connectivity index (χ3v) is 4.55. The van der Waals surface area contributed by atoms with Crippen LogP contribution in [0.25, 0.3) is 10.8 Å². The fraction of sp³-hybridized carbons (Fsp3) is 0.100. The zero-order chi connectivity index (χ0) is 18.5. The fourth-order valence-electron chi connectivity index (χ4n) is 2.71. The second kappa shape index (κ2) is 8.12. The maximum atomic E-state index is 12.3. The van der Waals surface area contributed by atoms with Gasteiger partial charge in [0.1, 0.15) is 0 Å². The number of amides is 2. The molecule has 26 heavy (non-hydrogen) atoms. The molecule has 5 nitrogen and oxygen atoms in total. The molecule has 0 aliphatic carbocycles. The number of nitrogens with one attached hydrogen (secondary N) is 2. The van der Waals surface area contributed by atoms with Crippen LogP contribution in [0.4, 0.5) is 0 Å². The third kappa shape index (κ3) is 4.28. The molecule has 6 heteroatoms. The summed E-state index contributed by atoms with van der Waals surface area (Å²) >= 11 is 3.43. The van der Waals surface area contributed by atoms with Gasteiger partial charge in [-0.15, -0.1) is 0 Å². The lowest BCUT2D eigenvalue weighted by Gasteiger charge is -2.08. The van der Waals surface area contributed by atoms with Gasteiger partial charge in [-0.25, -0.2) is 5.48 Å². The van der Waals surface area contributed by atoms with Crippen molar-refractivity contribution in [1.82, 2.24) is 10.8 Å². The van der Waals surface area contributed by atoms with E-state index in [1.165, 1.54) is 0 Å². The summed E-state index contributed by atoms with van der Waals surface area (Å²) in [5, 5.41) is 13.3. The first kappa shape index (κ1) is 18.1. The lowest BCUT2D eigenvalue weighted by atomic mass is 10.0. The molecule has 0 aromatic heterocycles. The Bertz CT molecular complexity index is 972. The molecule has 0 heterocycles. The highest BCUT2D eigenvalue weighted by Gasteiger charge is 2.08. The molecule has 132 valence electrons. The van der Waals surface area contributed by atoms with E-state index in [4.69, 9.17) is 5.21 Å². The van der Waals surface area contributed by atoms with Crippen LogP contribution < -0.4 is 10.8 Å². The van der Waals surface area contributed by atoms with E-state index < -0.39 is 5.91 Å². The van der Waals surface area contributed by atoms with Crippen LogP contribution in [0.2, 0.25) is 0 Å². The monoisotopic (exact) mass is 412 g/mol. The first-order chi connectivity index (χ1) is 12.6. The second-order valence-electron chi connectivity index (χ2n) is 5.85. The maximum absolute atomic E-state index is 12.3. The van der Waals surface area contributed by atoms with Crippen LogP contribution in [-0.4, -0.2) is 23.6 Å². The molecule has 0 fully saturated rings. The summed E-state index contributed by atoms with van der Waals surface area (Å²) in [6, 6.07) is 18.3. The number of hydroxylamine groups is 1. The van der Waals surface area contributed by atoms with Gasteiger partial charge < -0.3 is 5.32 Å². The third-order valence-electron chi connectivity index (χ3n) is 4.05. The number of fused-ring (bicyclic) bond motifs is 1. The van der Waals surface area contributed by atoms with Crippen LogP contribution >= 0.6 is 15.9 Å². The van der Waals surface area contributed by atoms with Gasteiger partial charge in [0.15, 0.2) is 0 Å². The predicted octanol–water partition coefficient (Wildman–Crippen LogP) is 3.69. The normalized spacial score (nSPS) is 10.5. The van der Waals surface area contributed by atoms with Crippen LogP contribution in [-0.2, 0) is 6.42 Å². The summed E-state index contributed by atoms with van der Waals surface area (Å²) in [5.41, 5.74) is 3.67. The van der Waals surface area contributed by atoms with Crippen molar-refractivity contribution in [3.05, 3.63) is 81.8 Å². The summed E-state index contributed by atoms with van der Waals surface area (Å²) in [5.74, 6) is -0.708. The summed E-state index contributed by atoms with van der Waals surface area (Å²) < 4.78 is 1.02. The van der Waals surface area contributed by atoms with Crippen molar-refractivity contribution < 1.29 is 14.8 Å². The Morgan fingerprint density at radius 1 is 0.885 bits per heavy atom. The van der Waals surface area contributed by atoms with Gasteiger partial charge >= 0.3 is 0 Å². The van der Waals surface area contributed by atoms with Crippen LogP contribution in [0, 0.1) is 0 Å². The Labute approximate surface area is 159 Å². The Kier molecular flexibility index (Phi) is 5.65. The lowest BCUT2D eigenvalue weighted by molar-refractivity contribution is 0.0706. The number of hydrogen-bond donors (Lipinski definition) is 3. The molecular formula is C20H17BrN2O3. The number of hydrogen-bond acceptors (Lipinski definition) is 3. The molecule has 3 aromatic rings. The highest BCUT2D eigenvalue weighted by atomic mass is 79.9. The van der Waals surface area contributed by atoms with Crippen LogP contribution in [0.15, 0.2) is 65.1 Å². The minimum absolute atomic E-state index is 0.140. The molecule has 0 spiro atoms. The van der Waals surface area contributed by atoms with E-state index in [1.54, 1.807) is 41.9 Å². The molecule has 2 amide bonds. The number of benzene rings is 3. The van der Waals surface area contributed by atoms with Crippen molar-refractivity contribution in [3.63, 3.8) is 0 Å². The smallest absolute Gasteiger partial charge is 0.274 e. The Morgan fingerprint density at radius 2 is 1.54 bits per heavy atom. The quantitative estimate of drug-likeness (QED) is 0.441. The van der Waals surface area contributed by atoms with Crippen LogP contribution in [0.5, 0.6) is 0 Å². The van der Waals surface area contributed by atoms with Crippen LogP contribution in [0.1, 0.15) is 26.3 Å². The number of carbonyl (C=O) groups is 2. The second-order valence-corrected chi connectivity index (χ2v) is 6.77. The van der Waals surface area contributed by atoms with Crippen molar-refractivity contribution in [3.8, 4) is 0 Å². The molecule has 0 aliphatic rings. The minimum Gasteiger partial charge on any atom is -0.352 e. The van der Waals surface area contributed by atoms with Crippen LogP contribution in [0.3, 0.4) is 0 Å². The zero-order valence-electron chi connectivity index (χ0n) is 13.8. The Morgan fingerprint density at radius 3 is 2.15 bits per heavy atom. The van der Waals surface area contributed by atoms with Gasteiger partial charge in [-0.1, -0.05) is 40.2 Å². The molecule has 0 saturated carbocycles. The zero-order valence-corrected chi connectivity index (χ0v) is 15.4. The standard InChI is InChI=1S/C20H17BrN2O3/c21-18-3-1-2-13(10-18)8-9-22-19(24)16-6-4-15-12-17(20(25)23-26)7-5-14(15)11-16/h1-7,10-12,26H,8-9H2,(H,22,24)(H,23,25). The van der Waals surface area contributed by atoms with Crippen molar-refractivity contribution >= 4 is 38.5 Å². The van der Waals surface area contributed by atoms with Gasteiger partial charge in [-0.2, -0.15) is 0 Å². The molecular weight excluding hydrogens is 396 g/mol. The highest BCUT2D eigenvalue weighted by Crippen LogP contribution is 2.18. The summed E-state index contributed by atoms with van der Waals surface area (Å²) in [6.45, 7) is 0.545. The SMILES string of the molecule is O=C(NO)c1ccc2cc(C(=O)NCCc3cccc(Br)c3)ccc2c1. The highest BCUT2D eigenvalue weighted by molar-refractivity contribution is 9.10. The van der Waals surface area contributed by atoms with Gasteiger partial charge in [0.05, 0.1) is 0 Å². The molecule has 3 rings (SSSR count). The molecule has 3 N–H and O–H groups in total. The largest absolute Gasteiger partial charge is 0.352 e. The maximum Gasteiger partial charge on any atom is 0.274 e. The summed E-state index contributed by atoms with van der Waals surface area (Å²) in [4.78, 5) is 23.8. The van der Waals surface area contributed by atoms with Crippen molar-refractivity contribution in [2.75, 3.05) is 6.54 Å². The number of halogens is 1. The van der Waals surface area contributed by atoms with E-state index in [9.17, 15) is 9.59 Å². The van der Waals surface area contributed by atoms with Crippen molar-refractivity contribution in [2.24, 2.45) is 0 Å². The average molecular weight is 413 g/mol. The molecule has 3 aromatic carbocycles. The van der Waals surface area contributed by atoms with Gasteiger partial charge in [0, 0.05) is 22.1 Å². The van der Waals surface area contributed by atoms with Gasteiger partial charge in [0.25, 0.3) is 11.8 Å². The molecule has 0 radical (unpaired) electrons. The van der Waals surface area contributed by atoms with E-state index in [-0.39, 0.29) is 5.91 Å². The number of rotatable bonds is 5. The predicted molar refractivity (Wildman–Crippen MR) is 103 cm³/mol. The van der Waals surface area contributed by atoms with E-state index >= 15 is 0 Å². The number of carbonyl (C=O) groups excluding carboxylic acids is 2. The molecule has 0 atom stereocenters. The first-order valence-corrected chi connectivity index (χ1v) is 8.87. The summed E-state index contributed by atoms with van der Waals surface area (Å²) in [7, 11) is 0. The topological polar surface area (TPSA) is 78.4 Å². The molecule has 0 bridgehead atoms. The van der Waals surface area contributed by atoms with Gasteiger partial charge in [0.2, 0.25) is 0 Å². The van der Waals surface area contributed by atoms with E-state index in [1.807, 2.05) is 24.3 Å². The summed E-state index contributed by atoms with van der Waals surface area (Å²) in [6.07, 6.45) is 0.748. The fourth-order valence-corrected chi connectivity index (χ4v) is 3.15. The molecule has 0 saturated heterocycles. The molecule has 0 aliphatic heterocycles. The first-order valence-electron chi connectivity index (χ1n) is 8.08. The Hall–Kier alpha value is -2.70. The van der Waals surface area contributed by atoms with Gasteiger partial charge in [-0.05, 0) is 59.2 Å². The van der Waals surface area contributed by atoms with Gasteiger partial charge in [-0.3, -0.25) is 14.8 Å². The van der Waals surface area contributed by atoms with Crippen molar-refractivity contribution in [1.29, 1.82) is 0 Å².